The molecular weight excluding hydrogens is 322 g/mol. The monoisotopic (exact) mass is 339 g/mol. The number of rotatable bonds is 3. The van der Waals surface area contributed by atoms with Crippen LogP contribution in [0, 0.1) is 6.92 Å². The van der Waals surface area contributed by atoms with Gasteiger partial charge in [0.1, 0.15) is 5.69 Å². The summed E-state index contributed by atoms with van der Waals surface area (Å²) in [6.07, 6.45) is 3.34. The molecule has 0 atom stereocenters. The SMILES string of the molecule is Cc1c(NC(=S)Nc2cccnc2)c(=O)n(-c2ccccc2)n1C. The molecule has 0 saturated carbocycles. The van der Waals surface area contributed by atoms with Crippen molar-refractivity contribution in [2.75, 3.05) is 10.6 Å². The lowest BCUT2D eigenvalue weighted by molar-refractivity contribution is 0.630. The minimum Gasteiger partial charge on any atom is -0.331 e. The van der Waals surface area contributed by atoms with Crippen LogP contribution in [0.5, 0.6) is 0 Å². The highest BCUT2D eigenvalue weighted by Gasteiger charge is 2.16. The molecule has 0 spiro atoms. The van der Waals surface area contributed by atoms with Crippen LogP contribution >= 0.6 is 12.2 Å². The Bertz CT molecular complexity index is 915. The molecular formula is C17H17N5OS. The summed E-state index contributed by atoms with van der Waals surface area (Å²) in [4.78, 5) is 16.8. The first-order valence-electron chi connectivity index (χ1n) is 7.40. The number of nitrogens with zero attached hydrogens (tertiary/aromatic N) is 3. The fourth-order valence-corrected chi connectivity index (χ4v) is 2.64. The average Bonchev–Trinajstić information content (AvgIpc) is 2.80. The van der Waals surface area contributed by atoms with Gasteiger partial charge < -0.3 is 10.6 Å². The molecule has 0 unspecified atom stereocenters. The second-order valence-electron chi connectivity index (χ2n) is 5.26. The fourth-order valence-electron chi connectivity index (χ4n) is 2.42. The number of nitrogens with one attached hydrogen (secondary N) is 2. The summed E-state index contributed by atoms with van der Waals surface area (Å²) in [6.45, 7) is 1.87. The van der Waals surface area contributed by atoms with Gasteiger partial charge in [0.25, 0.3) is 5.56 Å². The molecule has 0 aliphatic rings. The van der Waals surface area contributed by atoms with E-state index in [4.69, 9.17) is 12.2 Å². The zero-order valence-corrected chi connectivity index (χ0v) is 14.2. The Balaban J connectivity index is 1.90. The molecule has 0 amide bonds. The van der Waals surface area contributed by atoms with E-state index in [-0.39, 0.29) is 5.56 Å². The minimum absolute atomic E-state index is 0.156. The Morgan fingerprint density at radius 2 is 1.88 bits per heavy atom. The Hall–Kier alpha value is -2.93. The van der Waals surface area contributed by atoms with E-state index in [1.54, 1.807) is 27.8 Å². The topological polar surface area (TPSA) is 63.9 Å². The summed E-state index contributed by atoms with van der Waals surface area (Å²) in [5, 5.41) is 6.35. The van der Waals surface area contributed by atoms with E-state index >= 15 is 0 Å². The zero-order valence-electron chi connectivity index (χ0n) is 13.4. The second-order valence-corrected chi connectivity index (χ2v) is 5.67. The molecule has 0 radical (unpaired) electrons. The number of pyridine rings is 1. The van der Waals surface area contributed by atoms with Crippen molar-refractivity contribution in [2.24, 2.45) is 7.05 Å². The van der Waals surface area contributed by atoms with E-state index in [1.165, 1.54) is 0 Å². The van der Waals surface area contributed by atoms with Gasteiger partial charge in [-0.25, -0.2) is 4.68 Å². The van der Waals surface area contributed by atoms with Crippen LogP contribution in [-0.4, -0.2) is 19.5 Å². The van der Waals surface area contributed by atoms with Crippen molar-refractivity contribution in [3.8, 4) is 5.69 Å². The maximum Gasteiger partial charge on any atom is 0.295 e. The molecule has 2 aromatic heterocycles. The van der Waals surface area contributed by atoms with Gasteiger partial charge in [-0.2, -0.15) is 0 Å². The first-order chi connectivity index (χ1) is 11.6. The van der Waals surface area contributed by atoms with Crippen LogP contribution in [0.4, 0.5) is 11.4 Å². The normalized spacial score (nSPS) is 10.4. The maximum absolute atomic E-state index is 12.8. The van der Waals surface area contributed by atoms with E-state index in [1.807, 2.05) is 50.4 Å². The lowest BCUT2D eigenvalue weighted by Crippen LogP contribution is -2.25. The summed E-state index contributed by atoms with van der Waals surface area (Å²) < 4.78 is 3.40. The summed E-state index contributed by atoms with van der Waals surface area (Å²) in [7, 11) is 1.84. The first kappa shape index (κ1) is 15.9. The van der Waals surface area contributed by atoms with Crippen molar-refractivity contribution in [1.29, 1.82) is 0 Å². The zero-order chi connectivity index (χ0) is 17.1. The van der Waals surface area contributed by atoms with Crippen LogP contribution < -0.4 is 16.2 Å². The molecule has 2 heterocycles. The third-order valence-electron chi connectivity index (χ3n) is 3.71. The molecule has 24 heavy (non-hydrogen) atoms. The van der Waals surface area contributed by atoms with Gasteiger partial charge in [0.05, 0.1) is 23.3 Å². The fraction of sp³-hybridized carbons (Fsp3) is 0.118. The predicted octanol–water partition coefficient (Wildman–Crippen LogP) is 2.69. The molecule has 0 saturated heterocycles. The van der Waals surface area contributed by atoms with E-state index in [0.717, 1.165) is 17.1 Å². The molecule has 3 rings (SSSR count). The quantitative estimate of drug-likeness (QED) is 0.718. The highest BCUT2D eigenvalue weighted by atomic mass is 32.1. The van der Waals surface area contributed by atoms with Crippen LogP contribution in [0.2, 0.25) is 0 Å². The van der Waals surface area contributed by atoms with E-state index in [0.29, 0.717) is 10.8 Å². The molecule has 122 valence electrons. The molecule has 0 aliphatic heterocycles. The molecule has 0 aliphatic carbocycles. The van der Waals surface area contributed by atoms with Crippen LogP contribution in [0.1, 0.15) is 5.69 Å². The van der Waals surface area contributed by atoms with Gasteiger partial charge >= 0.3 is 0 Å². The molecule has 2 N–H and O–H groups in total. The summed E-state index contributed by atoms with van der Waals surface area (Å²) in [6, 6.07) is 13.1. The maximum atomic E-state index is 12.8. The lowest BCUT2D eigenvalue weighted by Gasteiger charge is -2.09. The van der Waals surface area contributed by atoms with Crippen molar-refractivity contribution in [3.63, 3.8) is 0 Å². The highest BCUT2D eigenvalue weighted by molar-refractivity contribution is 7.80. The van der Waals surface area contributed by atoms with Gasteiger partial charge in [-0.3, -0.25) is 14.5 Å². The van der Waals surface area contributed by atoms with Gasteiger partial charge in [0, 0.05) is 13.2 Å². The van der Waals surface area contributed by atoms with Gasteiger partial charge in [0.15, 0.2) is 5.11 Å². The standard InChI is InChI=1S/C17H17N5OS/c1-12-15(20-17(24)19-13-7-6-10-18-11-13)16(23)22(21(12)2)14-8-4-3-5-9-14/h3-11H,1-2H3,(H2,19,20,24). The van der Waals surface area contributed by atoms with Crippen molar-refractivity contribution >= 4 is 28.7 Å². The van der Waals surface area contributed by atoms with Crippen molar-refractivity contribution in [2.45, 2.75) is 6.92 Å². The van der Waals surface area contributed by atoms with Crippen molar-refractivity contribution in [1.82, 2.24) is 14.3 Å². The van der Waals surface area contributed by atoms with Gasteiger partial charge in [-0.1, -0.05) is 18.2 Å². The number of aromatic nitrogens is 3. The predicted molar refractivity (Wildman–Crippen MR) is 99.8 cm³/mol. The Labute approximate surface area is 144 Å². The number of para-hydroxylation sites is 1. The van der Waals surface area contributed by atoms with Crippen LogP contribution in [0.3, 0.4) is 0 Å². The Kier molecular flexibility index (Phi) is 4.43. The molecule has 3 aromatic rings. The minimum atomic E-state index is -0.156. The third kappa shape index (κ3) is 3.07. The van der Waals surface area contributed by atoms with Gasteiger partial charge in [0.2, 0.25) is 0 Å². The van der Waals surface area contributed by atoms with Crippen molar-refractivity contribution in [3.05, 3.63) is 70.9 Å². The van der Waals surface area contributed by atoms with Crippen LogP contribution in [0.15, 0.2) is 59.7 Å². The number of anilines is 2. The number of hydrogen-bond acceptors (Lipinski definition) is 3. The smallest absolute Gasteiger partial charge is 0.295 e. The first-order valence-corrected chi connectivity index (χ1v) is 7.81. The number of hydrogen-bond donors (Lipinski definition) is 2. The lowest BCUT2D eigenvalue weighted by atomic mass is 10.3. The second kappa shape index (κ2) is 6.67. The van der Waals surface area contributed by atoms with Crippen LogP contribution in [0.25, 0.3) is 5.69 Å². The summed E-state index contributed by atoms with van der Waals surface area (Å²) in [5.41, 5.74) is 2.64. The molecule has 0 fully saturated rings. The Morgan fingerprint density at radius 3 is 2.54 bits per heavy atom. The largest absolute Gasteiger partial charge is 0.331 e. The number of benzene rings is 1. The average molecular weight is 339 g/mol. The molecule has 6 nitrogen and oxygen atoms in total. The van der Waals surface area contributed by atoms with E-state index < -0.39 is 0 Å². The molecule has 1 aromatic carbocycles. The number of thiocarbonyl (C=S) groups is 1. The third-order valence-corrected chi connectivity index (χ3v) is 3.92. The van der Waals surface area contributed by atoms with Crippen LogP contribution in [-0.2, 0) is 7.05 Å². The van der Waals surface area contributed by atoms with E-state index in [9.17, 15) is 4.79 Å². The molecule has 7 heteroatoms. The summed E-state index contributed by atoms with van der Waals surface area (Å²) >= 11 is 5.30. The Morgan fingerprint density at radius 1 is 1.12 bits per heavy atom. The van der Waals surface area contributed by atoms with Gasteiger partial charge in [-0.15, -0.1) is 0 Å². The van der Waals surface area contributed by atoms with Crippen molar-refractivity contribution < 1.29 is 0 Å². The molecule has 0 bridgehead atoms. The van der Waals surface area contributed by atoms with Gasteiger partial charge in [-0.05, 0) is 43.4 Å². The highest BCUT2D eigenvalue weighted by Crippen LogP contribution is 2.14. The van der Waals surface area contributed by atoms with E-state index in [2.05, 4.69) is 15.6 Å². The summed E-state index contributed by atoms with van der Waals surface area (Å²) in [5.74, 6) is 0.